The van der Waals surface area contributed by atoms with Crippen molar-refractivity contribution in [2.24, 2.45) is 11.8 Å². The fourth-order valence-electron chi connectivity index (χ4n) is 12.4. The number of ether oxygens (including phenoxy) is 3. The van der Waals surface area contributed by atoms with Gasteiger partial charge in [0.15, 0.2) is 11.6 Å². The van der Waals surface area contributed by atoms with Gasteiger partial charge < -0.3 is 40.1 Å². The lowest BCUT2D eigenvalue weighted by Gasteiger charge is -2.24. The molecule has 0 heterocycles. The molecular weight excluding hydrogens is 1240 g/mol. The summed E-state index contributed by atoms with van der Waals surface area (Å²) in [6.45, 7) is 43.4. The van der Waals surface area contributed by atoms with Crippen LogP contribution in [0.1, 0.15) is 143 Å². The summed E-state index contributed by atoms with van der Waals surface area (Å²) in [5.74, 6) is 7.40. The van der Waals surface area contributed by atoms with Crippen molar-refractivity contribution in [3.63, 3.8) is 0 Å². The van der Waals surface area contributed by atoms with Crippen LogP contribution in [0, 0.1) is 136 Å². The van der Waals surface area contributed by atoms with E-state index >= 15 is 0 Å². The molecule has 0 amide bonds. The van der Waals surface area contributed by atoms with Crippen LogP contribution in [0.4, 0.5) is 0 Å². The van der Waals surface area contributed by atoms with E-state index in [1.54, 1.807) is 0 Å². The predicted octanol–water partition coefficient (Wildman–Crippen LogP) is 23.4. The second kappa shape index (κ2) is 35.6. The summed E-state index contributed by atoms with van der Waals surface area (Å²) in [4.78, 5) is 23.4. The number of carbonyl (C=O) groups excluding carboxylic acids is 2. The Hall–Kier alpha value is -10.2. The number of hydrogen-bond acceptors (Lipinski definition) is 9. The Balaban J connectivity index is 0.000000287. The molecule has 10 nitrogen and oxygen atoms in total. The third-order valence-electron chi connectivity index (χ3n) is 18.0. The first-order valence-corrected chi connectivity index (χ1v) is 33.1. The molecule has 0 radical (unpaired) electrons. The van der Waals surface area contributed by atoms with Gasteiger partial charge in [-0.1, -0.05) is 112 Å². The molecule has 0 atom stereocenters. The summed E-state index contributed by atoms with van der Waals surface area (Å²) in [7, 11) is 0. The molecule has 0 saturated carbocycles. The van der Waals surface area contributed by atoms with Crippen LogP contribution >= 0.6 is 0 Å². The van der Waals surface area contributed by atoms with Crippen molar-refractivity contribution in [2.75, 3.05) is 0 Å². The average molecular weight is 1350 g/mol. The summed E-state index contributed by atoms with van der Waals surface area (Å²) >= 11 is 0. The van der Waals surface area contributed by atoms with Gasteiger partial charge in [-0.05, 0) is 358 Å². The molecule has 0 bridgehead atoms. The standard InChI is InChI=1S/C32H34O3.C24H26O2.C16H18O2.2C8H10O.2CH4.H2O/c1-18-10-9-11-19(2)30(18)35-32-24(7)14-27(15-25(32)8)26-12-22(5)31(23(6)13-26)34-28-16-20(3)29(33)21(4)17-28;1-14-8-7-9-15(2)23(14)26-24-18(5)12-21(13-19(24)6)20-10-16(3)22(25)17(4)11-20;1-9-5-13(6-10(2)15(9)17)14-7-11(3)16(18)12(4)8-14;2*1-6-4-3-5-7(2)8(6)9;;;/h9-17,33H,1-8H3;7-13,25H,1-6H3;5-8,13-14H,1-4H3;2*3-5,9H,1-2H3;2*1H4;1H2. The van der Waals surface area contributed by atoms with E-state index in [0.29, 0.717) is 23.0 Å². The molecule has 6 N–H and O–H groups in total. The quantitative estimate of drug-likeness (QED) is 0.110. The van der Waals surface area contributed by atoms with E-state index < -0.39 is 0 Å². The number of ketones is 2. The molecule has 0 unspecified atom stereocenters. The Labute approximate surface area is 597 Å². The van der Waals surface area contributed by atoms with E-state index in [1.807, 2.05) is 168 Å². The van der Waals surface area contributed by atoms with Gasteiger partial charge in [0.1, 0.15) is 57.5 Å². The summed E-state index contributed by atoms with van der Waals surface area (Å²) in [5.41, 5.74) is 26.0. The number of aromatic hydroxyl groups is 4. The molecule has 11 rings (SSSR count). The van der Waals surface area contributed by atoms with Crippen molar-refractivity contribution in [1.82, 2.24) is 0 Å². The number of Topliss-reactive ketones (excluding diaryl/α,β-unsaturated/α-hetero) is 2. The van der Waals surface area contributed by atoms with Gasteiger partial charge in [-0.15, -0.1) is 0 Å². The monoisotopic (exact) mass is 1350 g/mol. The second-order valence-electron chi connectivity index (χ2n) is 26.6. The van der Waals surface area contributed by atoms with Crippen molar-refractivity contribution >= 4 is 11.6 Å². The van der Waals surface area contributed by atoms with Crippen molar-refractivity contribution < 1.29 is 49.7 Å². The highest BCUT2D eigenvalue weighted by atomic mass is 16.5. The number of phenols is 4. The Morgan fingerprint density at radius 1 is 0.250 bits per heavy atom. The Morgan fingerprint density at radius 2 is 0.430 bits per heavy atom. The molecule has 2 aliphatic rings. The summed E-state index contributed by atoms with van der Waals surface area (Å²) in [6, 6.07) is 44.7. The highest BCUT2D eigenvalue weighted by Crippen LogP contribution is 2.42. The largest absolute Gasteiger partial charge is 0.507 e. The molecule has 0 spiro atoms. The van der Waals surface area contributed by atoms with E-state index in [4.69, 9.17) is 14.2 Å². The van der Waals surface area contributed by atoms with Crippen LogP contribution in [0.15, 0.2) is 180 Å². The highest BCUT2D eigenvalue weighted by Gasteiger charge is 2.26. The van der Waals surface area contributed by atoms with Crippen LogP contribution in [0.25, 0.3) is 22.3 Å². The first kappa shape index (κ1) is 82.3. The SMILES string of the molecule is C.C.CC1=CC(C2C=C(C)C(=O)C(C)=C2)C=C(C)C1=O.Cc1cc(-c2cc(C)c(Oc3c(C)cccc3C)c(C)c2)cc(C)c1O.Cc1cc(Oc2c(C)cc(-c3cc(C)c(Oc4c(C)cccc4C)c(C)c3)cc2C)cc(C)c1O.Cc1cccc(C)c1O.Cc1cccc(C)c1O.O. The van der Waals surface area contributed by atoms with Crippen molar-refractivity contribution in [2.45, 2.75) is 167 Å². The molecule has 9 aromatic rings. The maximum absolute atomic E-state index is 11.7. The zero-order chi connectivity index (χ0) is 71.6. The minimum absolute atomic E-state index is 0. The third kappa shape index (κ3) is 20.0. The normalized spacial score (nSPS) is 12.4. The van der Waals surface area contributed by atoms with Gasteiger partial charge in [-0.3, -0.25) is 9.59 Å². The Bertz CT molecular complexity index is 4260. The second-order valence-corrected chi connectivity index (χ2v) is 26.6. The highest BCUT2D eigenvalue weighted by molar-refractivity contribution is 6.09. The van der Waals surface area contributed by atoms with Gasteiger partial charge in [0, 0.05) is 11.8 Å². The molecular formula is C90H108O10. The molecule has 0 aliphatic heterocycles. The van der Waals surface area contributed by atoms with Gasteiger partial charge in [0.25, 0.3) is 0 Å². The fraction of sp³-hybridized carbons (Fsp3) is 0.289. The van der Waals surface area contributed by atoms with Gasteiger partial charge in [0.2, 0.25) is 0 Å². The van der Waals surface area contributed by atoms with E-state index in [2.05, 4.69) is 142 Å². The number of rotatable bonds is 9. The fourth-order valence-corrected chi connectivity index (χ4v) is 12.4. The molecule has 2 aliphatic carbocycles. The maximum Gasteiger partial charge on any atom is 0.183 e. The number of benzene rings is 9. The first-order valence-electron chi connectivity index (χ1n) is 33.1. The summed E-state index contributed by atoms with van der Waals surface area (Å²) in [5, 5.41) is 38.5. The first-order chi connectivity index (χ1) is 45.6. The number of allylic oxidation sites excluding steroid dienone is 8. The Kier molecular flexibility index (Phi) is 29.3. The molecule has 528 valence electrons. The molecule has 100 heavy (non-hydrogen) atoms. The van der Waals surface area contributed by atoms with Gasteiger partial charge in [0.05, 0.1) is 0 Å². The lowest BCUT2D eigenvalue weighted by Crippen LogP contribution is -2.20. The molecule has 0 fully saturated rings. The number of carbonyl (C=O) groups is 2. The number of phenolic OH excluding ortho intramolecular Hbond substituents is 4. The van der Waals surface area contributed by atoms with Crippen LogP contribution in [-0.2, 0) is 9.59 Å². The van der Waals surface area contributed by atoms with Crippen LogP contribution < -0.4 is 14.2 Å². The van der Waals surface area contributed by atoms with Gasteiger partial charge >= 0.3 is 0 Å². The molecule has 9 aromatic carbocycles. The van der Waals surface area contributed by atoms with Gasteiger partial charge in [-0.25, -0.2) is 0 Å². The smallest absolute Gasteiger partial charge is 0.183 e. The molecule has 10 heteroatoms. The van der Waals surface area contributed by atoms with E-state index in [0.717, 1.165) is 179 Å². The number of hydrogen-bond donors (Lipinski definition) is 4. The molecule has 0 aromatic heterocycles. The van der Waals surface area contributed by atoms with Gasteiger partial charge in [-0.2, -0.15) is 0 Å². The zero-order valence-corrected chi connectivity index (χ0v) is 61.5. The predicted molar refractivity (Wildman–Crippen MR) is 417 cm³/mol. The number of para-hydroxylation sites is 4. The van der Waals surface area contributed by atoms with E-state index in [9.17, 15) is 30.0 Å². The van der Waals surface area contributed by atoms with Crippen LogP contribution in [0.3, 0.4) is 0 Å². The van der Waals surface area contributed by atoms with Crippen LogP contribution in [0.2, 0.25) is 0 Å². The minimum Gasteiger partial charge on any atom is -0.507 e. The maximum atomic E-state index is 11.7. The van der Waals surface area contributed by atoms with Crippen molar-refractivity contribution in [3.8, 4) is 79.7 Å². The van der Waals surface area contributed by atoms with E-state index in [1.165, 1.54) is 0 Å². The molecule has 0 saturated heterocycles. The topological polar surface area (TPSA) is 174 Å². The van der Waals surface area contributed by atoms with Crippen LogP contribution in [0.5, 0.6) is 57.5 Å². The number of aryl methyl sites for hydroxylation is 18. The zero-order valence-electron chi connectivity index (χ0n) is 61.5. The van der Waals surface area contributed by atoms with Crippen molar-refractivity contribution in [3.05, 3.63) is 280 Å². The average Bonchev–Trinajstić information content (AvgIpc) is 0.804. The third-order valence-corrected chi connectivity index (χ3v) is 18.0. The minimum atomic E-state index is 0. The Morgan fingerprint density at radius 3 is 0.660 bits per heavy atom. The summed E-state index contributed by atoms with van der Waals surface area (Å²) in [6.07, 6.45) is 8.01. The van der Waals surface area contributed by atoms with Crippen LogP contribution in [-0.4, -0.2) is 37.5 Å². The lowest BCUT2D eigenvalue weighted by molar-refractivity contribution is -0.113. The van der Waals surface area contributed by atoms with E-state index in [-0.39, 0.29) is 43.7 Å². The lowest BCUT2D eigenvalue weighted by atomic mass is 9.79. The summed E-state index contributed by atoms with van der Waals surface area (Å²) < 4.78 is 19.0. The van der Waals surface area contributed by atoms with Crippen molar-refractivity contribution in [1.29, 1.82) is 0 Å².